The molecule has 2 aromatic carbocycles. The zero-order chi connectivity index (χ0) is 23.8. The average molecular weight is 473 g/mol. The van der Waals surface area contributed by atoms with Crippen LogP contribution >= 0.6 is 0 Å². The smallest absolute Gasteiger partial charge is 0.130 e. The van der Waals surface area contributed by atoms with Crippen molar-refractivity contribution in [1.82, 2.24) is 35.1 Å². The van der Waals surface area contributed by atoms with E-state index in [9.17, 15) is 8.78 Å². The average Bonchev–Trinajstić information content (AvgIpc) is 3.54. The number of aromatic amines is 1. The predicted octanol–water partition coefficient (Wildman–Crippen LogP) is 4.06. The molecule has 1 aliphatic rings. The molecule has 8 nitrogen and oxygen atoms in total. The number of rotatable bonds is 5. The minimum atomic E-state index is -0.542. The van der Waals surface area contributed by atoms with Gasteiger partial charge in [-0.1, -0.05) is 11.3 Å². The Labute approximate surface area is 199 Å². The van der Waals surface area contributed by atoms with Gasteiger partial charge in [0.25, 0.3) is 0 Å². The third-order valence-corrected chi connectivity index (χ3v) is 6.20. The molecule has 1 aliphatic heterocycles. The fourth-order valence-corrected chi connectivity index (χ4v) is 4.36. The Morgan fingerprint density at radius 3 is 2.71 bits per heavy atom. The number of pyridine rings is 1. The van der Waals surface area contributed by atoms with Gasteiger partial charge in [-0.2, -0.15) is 5.10 Å². The molecule has 1 saturated heterocycles. The van der Waals surface area contributed by atoms with Crippen LogP contribution in [0.25, 0.3) is 27.8 Å². The number of nitrogens with one attached hydrogen (secondary N) is 1. The van der Waals surface area contributed by atoms with Crippen molar-refractivity contribution in [2.24, 2.45) is 0 Å². The van der Waals surface area contributed by atoms with Gasteiger partial charge in [0.15, 0.2) is 0 Å². The van der Waals surface area contributed by atoms with Crippen LogP contribution in [0.15, 0.2) is 67.1 Å². The monoisotopic (exact) mass is 473 g/mol. The number of nitrogens with zero attached hydrogens (tertiary/aromatic N) is 6. The summed E-state index contributed by atoms with van der Waals surface area (Å²) in [5.74, 6) is -1.08. The maximum absolute atomic E-state index is 14.1. The number of fused-ring (bicyclic) bond motifs is 1. The molecule has 0 amide bonds. The molecule has 3 aromatic heterocycles. The third kappa shape index (κ3) is 4.17. The molecule has 4 heterocycles. The van der Waals surface area contributed by atoms with E-state index in [1.54, 1.807) is 17.1 Å². The number of hydrogen-bond donors (Lipinski definition) is 1. The van der Waals surface area contributed by atoms with E-state index in [4.69, 9.17) is 4.74 Å². The zero-order valence-corrected chi connectivity index (χ0v) is 18.6. The van der Waals surface area contributed by atoms with E-state index < -0.39 is 11.6 Å². The van der Waals surface area contributed by atoms with Gasteiger partial charge in [-0.15, -0.1) is 5.10 Å². The van der Waals surface area contributed by atoms with Gasteiger partial charge in [-0.25, -0.2) is 13.5 Å². The largest absolute Gasteiger partial charge is 0.369 e. The quantitative estimate of drug-likeness (QED) is 0.415. The van der Waals surface area contributed by atoms with Gasteiger partial charge in [0, 0.05) is 48.5 Å². The molecule has 176 valence electrons. The van der Waals surface area contributed by atoms with Gasteiger partial charge in [-0.3, -0.25) is 15.0 Å². The van der Waals surface area contributed by atoms with E-state index >= 15 is 0 Å². The van der Waals surface area contributed by atoms with Gasteiger partial charge >= 0.3 is 0 Å². The molecule has 0 unspecified atom stereocenters. The highest BCUT2D eigenvalue weighted by molar-refractivity contribution is 5.94. The summed E-state index contributed by atoms with van der Waals surface area (Å²) < 4.78 is 35.8. The lowest BCUT2D eigenvalue weighted by Crippen LogP contribution is -2.38. The molecule has 0 radical (unpaired) electrons. The molecule has 35 heavy (non-hydrogen) atoms. The summed E-state index contributed by atoms with van der Waals surface area (Å²) in [6, 6.07) is 13.6. The summed E-state index contributed by atoms with van der Waals surface area (Å²) in [5.41, 5.74) is 4.25. The number of aromatic nitrogens is 6. The van der Waals surface area contributed by atoms with E-state index in [2.05, 4.69) is 25.5 Å². The lowest BCUT2D eigenvalue weighted by atomic mass is 10.1. The highest BCUT2D eigenvalue weighted by Gasteiger charge is 2.26. The highest BCUT2D eigenvalue weighted by atomic mass is 19.1. The minimum Gasteiger partial charge on any atom is -0.369 e. The van der Waals surface area contributed by atoms with E-state index in [-0.39, 0.29) is 18.2 Å². The fraction of sp³-hybridized carbons (Fsp3) is 0.200. The Balaban J connectivity index is 1.23. The maximum Gasteiger partial charge on any atom is 0.130 e. The van der Waals surface area contributed by atoms with Crippen molar-refractivity contribution < 1.29 is 13.5 Å². The minimum absolute atomic E-state index is 0.0650. The summed E-state index contributed by atoms with van der Waals surface area (Å²) in [4.78, 5) is 6.04. The SMILES string of the molecule is Fc1cccc(F)c1CN1CCO[C@@H](c2cn(-c3ccc4[nH]nc(-c5ccncc5)c4c3)nn2)C1. The van der Waals surface area contributed by atoms with Crippen molar-refractivity contribution >= 4 is 10.9 Å². The molecular formula is C25H21F2N7O. The highest BCUT2D eigenvalue weighted by Crippen LogP contribution is 2.28. The topological polar surface area (TPSA) is 84.8 Å². The molecular weight excluding hydrogens is 452 g/mol. The number of morpholine rings is 1. The first-order chi connectivity index (χ1) is 17.2. The number of hydrogen-bond acceptors (Lipinski definition) is 6. The lowest BCUT2D eigenvalue weighted by Gasteiger charge is -2.32. The Bertz CT molecular complexity index is 1460. The maximum atomic E-state index is 14.1. The summed E-state index contributed by atoms with van der Waals surface area (Å²) >= 11 is 0. The molecule has 10 heteroatoms. The molecule has 1 fully saturated rings. The van der Waals surface area contributed by atoms with Crippen molar-refractivity contribution in [3.05, 3.63) is 90.0 Å². The van der Waals surface area contributed by atoms with Crippen LogP contribution in [0.1, 0.15) is 17.4 Å². The molecule has 5 aromatic rings. The first-order valence-electron chi connectivity index (χ1n) is 11.2. The lowest BCUT2D eigenvalue weighted by molar-refractivity contribution is -0.0356. The van der Waals surface area contributed by atoms with Gasteiger partial charge in [0.05, 0.1) is 24.0 Å². The normalized spacial score (nSPS) is 16.7. The van der Waals surface area contributed by atoms with Crippen molar-refractivity contribution in [2.75, 3.05) is 19.7 Å². The second kappa shape index (κ2) is 8.97. The molecule has 0 bridgehead atoms. The Morgan fingerprint density at radius 2 is 1.89 bits per heavy atom. The van der Waals surface area contributed by atoms with Crippen molar-refractivity contribution in [3.63, 3.8) is 0 Å². The zero-order valence-electron chi connectivity index (χ0n) is 18.6. The summed E-state index contributed by atoms with van der Waals surface area (Å²) in [6.07, 6.45) is 4.94. The summed E-state index contributed by atoms with van der Waals surface area (Å²) in [6.45, 7) is 1.64. The number of benzene rings is 2. The first kappa shape index (κ1) is 21.5. The predicted molar refractivity (Wildman–Crippen MR) is 125 cm³/mol. The van der Waals surface area contributed by atoms with Crippen LogP contribution in [-0.2, 0) is 11.3 Å². The Morgan fingerprint density at radius 1 is 1.06 bits per heavy atom. The van der Waals surface area contributed by atoms with Crippen LogP contribution in [0.3, 0.4) is 0 Å². The Hall–Kier alpha value is -4.02. The van der Waals surface area contributed by atoms with Crippen LogP contribution in [-0.4, -0.2) is 54.8 Å². The third-order valence-electron chi connectivity index (χ3n) is 6.20. The van der Waals surface area contributed by atoms with E-state index in [0.29, 0.717) is 25.4 Å². The standard InChI is InChI=1S/C25H21F2N7O/c26-20-2-1-3-21(27)19(20)13-33-10-11-35-24(15-33)23-14-34(32-30-23)17-4-5-22-18(12-17)25(31-29-22)16-6-8-28-9-7-16/h1-9,12,14,24H,10-11,13,15H2,(H,29,31)/t24-/m1/s1. The van der Waals surface area contributed by atoms with Crippen LogP contribution in [0.4, 0.5) is 8.78 Å². The van der Waals surface area contributed by atoms with Gasteiger partial charge < -0.3 is 4.74 Å². The number of ether oxygens (including phenoxy) is 1. The fourth-order valence-electron chi connectivity index (χ4n) is 4.36. The number of halogens is 2. The molecule has 0 saturated carbocycles. The van der Waals surface area contributed by atoms with Crippen molar-refractivity contribution in [2.45, 2.75) is 12.6 Å². The molecule has 1 N–H and O–H groups in total. The van der Waals surface area contributed by atoms with Crippen LogP contribution in [0.2, 0.25) is 0 Å². The second-order valence-electron chi connectivity index (χ2n) is 8.42. The second-order valence-corrected chi connectivity index (χ2v) is 8.42. The summed E-state index contributed by atoms with van der Waals surface area (Å²) in [7, 11) is 0. The van der Waals surface area contributed by atoms with Gasteiger partial charge in [0.2, 0.25) is 0 Å². The summed E-state index contributed by atoms with van der Waals surface area (Å²) in [5, 5.41) is 17.1. The van der Waals surface area contributed by atoms with Gasteiger partial charge in [-0.05, 0) is 42.5 Å². The van der Waals surface area contributed by atoms with Crippen molar-refractivity contribution in [3.8, 4) is 16.9 Å². The molecule has 0 aliphatic carbocycles. The Kier molecular flexibility index (Phi) is 5.51. The number of H-pyrrole nitrogens is 1. The molecule has 0 spiro atoms. The van der Waals surface area contributed by atoms with Crippen LogP contribution in [0, 0.1) is 11.6 Å². The molecule has 6 rings (SSSR count). The van der Waals surface area contributed by atoms with Crippen molar-refractivity contribution in [1.29, 1.82) is 0 Å². The van der Waals surface area contributed by atoms with E-state index in [0.717, 1.165) is 27.8 Å². The van der Waals surface area contributed by atoms with Gasteiger partial charge in [0.1, 0.15) is 29.1 Å². The van der Waals surface area contributed by atoms with Crippen LogP contribution < -0.4 is 0 Å². The molecule has 1 atom stereocenters. The van der Waals surface area contributed by atoms with Crippen LogP contribution in [0.5, 0.6) is 0 Å². The van der Waals surface area contributed by atoms with E-state index in [1.165, 1.54) is 18.2 Å². The van der Waals surface area contributed by atoms with E-state index in [1.807, 2.05) is 41.4 Å². The first-order valence-corrected chi connectivity index (χ1v) is 11.2.